The van der Waals surface area contributed by atoms with Crippen LogP contribution in [0.2, 0.25) is 0 Å². The molecule has 2 heterocycles. The standard InChI is InChI=1S/C17H15BrN2O2/c1-10-7-15(14-8-12(18)4-6-16(14)20-10)17(21)19-9-13-5-3-11(2)22-13/h3-8H,9H2,1-2H3,(H,19,21). The highest BCUT2D eigenvalue weighted by molar-refractivity contribution is 9.10. The van der Waals surface area contributed by atoms with Crippen molar-refractivity contribution in [2.75, 3.05) is 0 Å². The third-order valence-electron chi connectivity index (χ3n) is 3.36. The summed E-state index contributed by atoms with van der Waals surface area (Å²) in [6.45, 7) is 4.13. The molecule has 0 bridgehead atoms. The van der Waals surface area contributed by atoms with Gasteiger partial charge in [0, 0.05) is 15.6 Å². The minimum absolute atomic E-state index is 0.136. The van der Waals surface area contributed by atoms with Crippen LogP contribution < -0.4 is 5.32 Å². The largest absolute Gasteiger partial charge is 0.465 e. The van der Waals surface area contributed by atoms with Crippen LogP contribution in [0.25, 0.3) is 10.9 Å². The summed E-state index contributed by atoms with van der Waals surface area (Å²) in [4.78, 5) is 17.0. The Kier molecular flexibility index (Phi) is 3.98. The van der Waals surface area contributed by atoms with Gasteiger partial charge in [-0.3, -0.25) is 9.78 Å². The van der Waals surface area contributed by atoms with Gasteiger partial charge in [-0.1, -0.05) is 15.9 Å². The molecule has 0 unspecified atom stereocenters. The number of carbonyl (C=O) groups is 1. The second-order valence-electron chi connectivity index (χ2n) is 5.17. The first-order valence-electron chi connectivity index (χ1n) is 6.93. The SMILES string of the molecule is Cc1cc(C(=O)NCc2ccc(C)o2)c2cc(Br)ccc2n1. The molecular weight excluding hydrogens is 344 g/mol. The van der Waals surface area contributed by atoms with E-state index in [1.165, 1.54) is 0 Å². The summed E-state index contributed by atoms with van der Waals surface area (Å²) in [6.07, 6.45) is 0. The van der Waals surface area contributed by atoms with E-state index in [4.69, 9.17) is 4.42 Å². The van der Waals surface area contributed by atoms with Crippen LogP contribution in [0.15, 0.2) is 45.3 Å². The van der Waals surface area contributed by atoms with E-state index in [1.807, 2.05) is 44.2 Å². The maximum Gasteiger partial charge on any atom is 0.252 e. The number of aryl methyl sites for hydroxylation is 2. The number of halogens is 1. The lowest BCUT2D eigenvalue weighted by molar-refractivity contribution is 0.0949. The quantitative estimate of drug-likeness (QED) is 0.765. The fraction of sp³-hybridized carbons (Fsp3) is 0.176. The number of fused-ring (bicyclic) bond motifs is 1. The smallest absolute Gasteiger partial charge is 0.252 e. The van der Waals surface area contributed by atoms with Gasteiger partial charge in [0.05, 0.1) is 17.6 Å². The van der Waals surface area contributed by atoms with Gasteiger partial charge in [-0.05, 0) is 50.2 Å². The molecule has 22 heavy (non-hydrogen) atoms. The van der Waals surface area contributed by atoms with Crippen molar-refractivity contribution in [3.05, 3.63) is 63.6 Å². The highest BCUT2D eigenvalue weighted by Crippen LogP contribution is 2.23. The second-order valence-corrected chi connectivity index (χ2v) is 6.08. The van der Waals surface area contributed by atoms with E-state index in [-0.39, 0.29) is 5.91 Å². The van der Waals surface area contributed by atoms with Crippen LogP contribution in [0.4, 0.5) is 0 Å². The van der Waals surface area contributed by atoms with E-state index in [9.17, 15) is 4.79 Å². The van der Waals surface area contributed by atoms with Crippen molar-refractivity contribution in [3.8, 4) is 0 Å². The zero-order valence-electron chi connectivity index (χ0n) is 12.3. The summed E-state index contributed by atoms with van der Waals surface area (Å²) in [5.74, 6) is 1.43. The van der Waals surface area contributed by atoms with E-state index in [1.54, 1.807) is 6.07 Å². The minimum Gasteiger partial charge on any atom is -0.465 e. The average molecular weight is 359 g/mol. The Balaban J connectivity index is 1.91. The zero-order chi connectivity index (χ0) is 15.7. The first kappa shape index (κ1) is 14.8. The van der Waals surface area contributed by atoms with Gasteiger partial charge in [-0.2, -0.15) is 0 Å². The molecule has 3 rings (SSSR count). The summed E-state index contributed by atoms with van der Waals surface area (Å²) < 4.78 is 6.38. The fourth-order valence-corrected chi connectivity index (χ4v) is 2.72. The van der Waals surface area contributed by atoms with E-state index >= 15 is 0 Å². The van der Waals surface area contributed by atoms with Crippen LogP contribution in [0.5, 0.6) is 0 Å². The average Bonchev–Trinajstić information content (AvgIpc) is 2.90. The Morgan fingerprint density at radius 2 is 2.05 bits per heavy atom. The zero-order valence-corrected chi connectivity index (χ0v) is 13.9. The Morgan fingerprint density at radius 1 is 1.23 bits per heavy atom. The predicted octanol–water partition coefficient (Wildman–Crippen LogP) is 4.14. The molecule has 0 radical (unpaired) electrons. The van der Waals surface area contributed by atoms with Gasteiger partial charge in [-0.25, -0.2) is 0 Å². The number of furan rings is 1. The fourth-order valence-electron chi connectivity index (χ4n) is 2.36. The molecule has 4 nitrogen and oxygen atoms in total. The molecule has 0 aliphatic rings. The number of hydrogen-bond donors (Lipinski definition) is 1. The van der Waals surface area contributed by atoms with Gasteiger partial charge in [-0.15, -0.1) is 0 Å². The topological polar surface area (TPSA) is 55.1 Å². The molecule has 0 aliphatic heterocycles. The Hall–Kier alpha value is -2.14. The molecule has 0 saturated heterocycles. The number of pyridine rings is 1. The van der Waals surface area contributed by atoms with Gasteiger partial charge < -0.3 is 9.73 Å². The summed E-state index contributed by atoms with van der Waals surface area (Å²) >= 11 is 3.44. The number of amides is 1. The molecule has 0 aliphatic carbocycles. The van der Waals surface area contributed by atoms with Crippen LogP contribution >= 0.6 is 15.9 Å². The molecule has 112 valence electrons. The third-order valence-corrected chi connectivity index (χ3v) is 3.86. The maximum atomic E-state index is 12.5. The summed E-state index contributed by atoms with van der Waals surface area (Å²) in [7, 11) is 0. The van der Waals surface area contributed by atoms with Gasteiger partial charge in [0.25, 0.3) is 5.91 Å². The number of hydrogen-bond acceptors (Lipinski definition) is 3. The van der Waals surface area contributed by atoms with Crippen LogP contribution in [0.3, 0.4) is 0 Å². The number of rotatable bonds is 3. The molecule has 0 atom stereocenters. The lowest BCUT2D eigenvalue weighted by Crippen LogP contribution is -2.23. The number of aromatic nitrogens is 1. The molecule has 0 saturated carbocycles. The summed E-state index contributed by atoms with van der Waals surface area (Å²) in [5.41, 5.74) is 2.24. The van der Waals surface area contributed by atoms with Crippen LogP contribution in [0, 0.1) is 13.8 Å². The molecule has 5 heteroatoms. The Bertz CT molecular complexity index is 855. The van der Waals surface area contributed by atoms with E-state index in [0.717, 1.165) is 32.6 Å². The van der Waals surface area contributed by atoms with Gasteiger partial charge in [0.2, 0.25) is 0 Å². The second kappa shape index (κ2) is 5.93. The first-order valence-corrected chi connectivity index (χ1v) is 7.72. The van der Waals surface area contributed by atoms with Crippen LogP contribution in [-0.4, -0.2) is 10.9 Å². The minimum atomic E-state index is -0.136. The van der Waals surface area contributed by atoms with Crippen molar-refractivity contribution < 1.29 is 9.21 Å². The van der Waals surface area contributed by atoms with Crippen molar-refractivity contribution in [2.45, 2.75) is 20.4 Å². The van der Waals surface area contributed by atoms with Gasteiger partial charge in [0.1, 0.15) is 11.5 Å². The third kappa shape index (κ3) is 3.04. The number of nitrogens with one attached hydrogen (secondary N) is 1. The van der Waals surface area contributed by atoms with Gasteiger partial charge in [0.15, 0.2) is 0 Å². The lowest BCUT2D eigenvalue weighted by Gasteiger charge is -2.09. The number of benzene rings is 1. The van der Waals surface area contributed by atoms with Gasteiger partial charge >= 0.3 is 0 Å². The Morgan fingerprint density at radius 3 is 2.77 bits per heavy atom. The maximum absolute atomic E-state index is 12.5. The monoisotopic (exact) mass is 358 g/mol. The number of carbonyl (C=O) groups excluding carboxylic acids is 1. The highest BCUT2D eigenvalue weighted by Gasteiger charge is 2.13. The molecule has 0 spiro atoms. The van der Waals surface area contributed by atoms with E-state index in [2.05, 4.69) is 26.2 Å². The van der Waals surface area contributed by atoms with Crippen LogP contribution in [0.1, 0.15) is 27.6 Å². The van der Waals surface area contributed by atoms with E-state index in [0.29, 0.717) is 12.1 Å². The highest BCUT2D eigenvalue weighted by atomic mass is 79.9. The molecule has 1 N–H and O–H groups in total. The summed E-state index contributed by atoms with van der Waals surface area (Å²) in [6, 6.07) is 11.3. The van der Waals surface area contributed by atoms with Crippen molar-refractivity contribution in [3.63, 3.8) is 0 Å². The molecule has 2 aromatic heterocycles. The molecule has 3 aromatic rings. The normalized spacial score (nSPS) is 10.9. The van der Waals surface area contributed by atoms with Crippen molar-refractivity contribution in [2.24, 2.45) is 0 Å². The van der Waals surface area contributed by atoms with Crippen molar-refractivity contribution in [1.29, 1.82) is 0 Å². The molecule has 1 aromatic carbocycles. The lowest BCUT2D eigenvalue weighted by atomic mass is 10.1. The molecule has 0 fully saturated rings. The first-order chi connectivity index (χ1) is 10.5. The molecule has 1 amide bonds. The van der Waals surface area contributed by atoms with Crippen molar-refractivity contribution >= 4 is 32.7 Å². The Labute approximate surface area is 136 Å². The molecular formula is C17H15BrN2O2. The predicted molar refractivity (Wildman–Crippen MR) is 88.8 cm³/mol. The van der Waals surface area contributed by atoms with E-state index < -0.39 is 0 Å². The summed E-state index contributed by atoms with van der Waals surface area (Å²) in [5, 5.41) is 3.72. The van der Waals surface area contributed by atoms with Crippen LogP contribution in [-0.2, 0) is 6.54 Å². The number of nitrogens with zero attached hydrogens (tertiary/aromatic N) is 1. The van der Waals surface area contributed by atoms with Crippen molar-refractivity contribution in [1.82, 2.24) is 10.3 Å².